The summed E-state index contributed by atoms with van der Waals surface area (Å²) in [6, 6.07) is 23.5. The van der Waals surface area contributed by atoms with Crippen LogP contribution in [0.2, 0.25) is 0 Å². The zero-order chi connectivity index (χ0) is 21.8. The second-order valence-corrected chi connectivity index (χ2v) is 7.44. The first-order chi connectivity index (χ1) is 15.1. The fourth-order valence-corrected chi connectivity index (χ4v) is 3.86. The minimum atomic E-state index is -1.34. The van der Waals surface area contributed by atoms with Crippen molar-refractivity contribution in [3.05, 3.63) is 95.6 Å². The first-order valence-corrected chi connectivity index (χ1v) is 9.96. The molecule has 0 fully saturated rings. The second kappa shape index (κ2) is 8.62. The second-order valence-electron chi connectivity index (χ2n) is 7.44. The Morgan fingerprint density at radius 2 is 1.65 bits per heavy atom. The third-order valence-corrected chi connectivity index (χ3v) is 5.59. The maximum atomic E-state index is 13.5. The van der Waals surface area contributed by atoms with E-state index in [9.17, 15) is 14.7 Å². The van der Waals surface area contributed by atoms with Crippen LogP contribution in [0.15, 0.2) is 78.9 Å². The summed E-state index contributed by atoms with van der Waals surface area (Å²) >= 11 is 0. The average molecular weight is 417 g/mol. The largest absolute Gasteiger partial charge is 0.497 e. The lowest BCUT2D eigenvalue weighted by molar-refractivity contribution is -0.126. The first-order valence-electron chi connectivity index (χ1n) is 9.96. The van der Waals surface area contributed by atoms with Crippen LogP contribution in [0.5, 0.6) is 5.75 Å². The van der Waals surface area contributed by atoms with Crippen LogP contribution >= 0.6 is 0 Å². The zero-order valence-electron chi connectivity index (χ0n) is 17.2. The molecule has 0 unspecified atom stereocenters. The Morgan fingerprint density at radius 3 is 2.32 bits per heavy atom. The maximum absolute atomic E-state index is 13.5. The molecule has 0 aliphatic carbocycles. The number of methoxy groups -OCH3 is 1. The number of aliphatic hydroxyl groups is 1. The van der Waals surface area contributed by atoms with E-state index in [2.05, 4.69) is 0 Å². The highest BCUT2D eigenvalue weighted by Crippen LogP contribution is 2.42. The van der Waals surface area contributed by atoms with Crippen molar-refractivity contribution in [1.29, 1.82) is 0 Å². The number of hydrogen-bond acceptors (Lipinski definition) is 5. The predicted molar refractivity (Wildman–Crippen MR) is 116 cm³/mol. The molecule has 0 radical (unpaired) electrons. The number of nitrogens with zero attached hydrogens (tertiary/aromatic N) is 1. The highest BCUT2D eigenvalue weighted by atomic mass is 16.5. The summed E-state index contributed by atoms with van der Waals surface area (Å²) in [5, 5.41) is 10.3. The number of benzene rings is 3. The predicted octanol–water partition coefficient (Wildman–Crippen LogP) is 3.33. The first kappa shape index (κ1) is 20.6. The summed E-state index contributed by atoms with van der Waals surface area (Å²) in [7, 11) is 1.54. The standard InChI is InChI=1S/C25H23NO5/c1-30-20-13-11-19(12-14-20)23(28)31-17-25(16-27)21-9-5-6-10-22(21)26(24(25)29)15-18-7-3-2-4-8-18/h2-14,27H,15-17H2,1H3/t25-/m1/s1. The van der Waals surface area contributed by atoms with Crippen LogP contribution in [-0.2, 0) is 21.5 Å². The third-order valence-electron chi connectivity index (χ3n) is 5.59. The number of aliphatic hydroxyl groups excluding tert-OH is 1. The van der Waals surface area contributed by atoms with Crippen molar-refractivity contribution in [3.63, 3.8) is 0 Å². The Labute approximate surface area is 180 Å². The van der Waals surface area contributed by atoms with Crippen molar-refractivity contribution in [1.82, 2.24) is 0 Å². The maximum Gasteiger partial charge on any atom is 0.338 e. The van der Waals surface area contributed by atoms with Crippen molar-refractivity contribution in [2.75, 3.05) is 25.2 Å². The number of carbonyl (C=O) groups is 2. The van der Waals surface area contributed by atoms with Gasteiger partial charge in [-0.3, -0.25) is 4.79 Å². The summed E-state index contributed by atoms with van der Waals surface area (Å²) in [4.78, 5) is 27.7. The highest BCUT2D eigenvalue weighted by Gasteiger charge is 2.51. The molecule has 1 aliphatic heterocycles. The molecule has 1 aliphatic rings. The number of rotatable bonds is 7. The molecule has 6 nitrogen and oxygen atoms in total. The van der Waals surface area contributed by atoms with Gasteiger partial charge in [-0.05, 0) is 41.5 Å². The van der Waals surface area contributed by atoms with Gasteiger partial charge < -0.3 is 19.5 Å². The van der Waals surface area contributed by atoms with Crippen LogP contribution in [0, 0.1) is 0 Å². The van der Waals surface area contributed by atoms with Gasteiger partial charge in [-0.2, -0.15) is 0 Å². The molecule has 0 saturated heterocycles. The van der Waals surface area contributed by atoms with Crippen LogP contribution in [0.3, 0.4) is 0 Å². The SMILES string of the molecule is COc1ccc(C(=O)OC[C@@]2(CO)C(=O)N(Cc3ccccc3)c3ccccc32)cc1. The van der Waals surface area contributed by atoms with E-state index in [4.69, 9.17) is 9.47 Å². The smallest absolute Gasteiger partial charge is 0.338 e. The molecule has 0 aromatic heterocycles. The van der Waals surface area contributed by atoms with Gasteiger partial charge in [-0.1, -0.05) is 48.5 Å². The molecule has 3 aromatic rings. The number of para-hydroxylation sites is 1. The van der Waals surface area contributed by atoms with E-state index in [1.165, 1.54) is 0 Å². The van der Waals surface area contributed by atoms with Crippen molar-refractivity contribution >= 4 is 17.6 Å². The molecule has 3 aromatic carbocycles. The molecule has 0 saturated carbocycles. The minimum absolute atomic E-state index is 0.254. The molecular weight excluding hydrogens is 394 g/mol. The number of ether oxygens (including phenoxy) is 2. The fraction of sp³-hybridized carbons (Fsp3) is 0.200. The molecule has 158 valence electrons. The number of amides is 1. The van der Waals surface area contributed by atoms with Crippen LogP contribution in [0.25, 0.3) is 0 Å². The van der Waals surface area contributed by atoms with E-state index in [-0.39, 0.29) is 12.5 Å². The van der Waals surface area contributed by atoms with E-state index in [1.54, 1.807) is 42.3 Å². The normalized spacial score (nSPS) is 17.4. The Kier molecular flexibility index (Phi) is 5.73. The molecule has 0 bridgehead atoms. The molecular formula is C25H23NO5. The lowest BCUT2D eigenvalue weighted by Gasteiger charge is -2.26. The minimum Gasteiger partial charge on any atom is -0.497 e. The molecule has 6 heteroatoms. The van der Waals surface area contributed by atoms with Crippen LogP contribution in [0.1, 0.15) is 21.5 Å². The number of esters is 1. The van der Waals surface area contributed by atoms with Gasteiger partial charge in [0.25, 0.3) is 0 Å². The van der Waals surface area contributed by atoms with Gasteiger partial charge in [0.15, 0.2) is 0 Å². The van der Waals surface area contributed by atoms with Crippen LogP contribution in [0.4, 0.5) is 5.69 Å². The summed E-state index contributed by atoms with van der Waals surface area (Å²) in [6.45, 7) is -0.357. The van der Waals surface area contributed by atoms with Crippen molar-refractivity contribution in [2.24, 2.45) is 0 Å². The summed E-state index contributed by atoms with van der Waals surface area (Å²) in [6.07, 6.45) is 0. The lowest BCUT2D eigenvalue weighted by Crippen LogP contribution is -2.46. The van der Waals surface area contributed by atoms with Crippen molar-refractivity contribution < 1.29 is 24.2 Å². The quantitative estimate of drug-likeness (QED) is 0.597. The van der Waals surface area contributed by atoms with Gasteiger partial charge in [0.05, 0.1) is 25.8 Å². The van der Waals surface area contributed by atoms with Crippen molar-refractivity contribution in [3.8, 4) is 5.75 Å². The lowest BCUT2D eigenvalue weighted by atomic mass is 9.83. The Hall–Kier alpha value is -3.64. The van der Waals surface area contributed by atoms with E-state index in [0.717, 1.165) is 5.56 Å². The topological polar surface area (TPSA) is 76.1 Å². The van der Waals surface area contributed by atoms with Gasteiger partial charge in [-0.25, -0.2) is 4.79 Å². The number of fused-ring (bicyclic) bond motifs is 1. The van der Waals surface area contributed by atoms with Gasteiger partial charge in [0.1, 0.15) is 17.8 Å². The Morgan fingerprint density at radius 1 is 0.968 bits per heavy atom. The molecule has 31 heavy (non-hydrogen) atoms. The molecule has 4 rings (SSSR count). The summed E-state index contributed by atoms with van der Waals surface area (Å²) in [5.74, 6) is -0.232. The molecule has 0 spiro atoms. The van der Waals surface area contributed by atoms with Gasteiger partial charge in [-0.15, -0.1) is 0 Å². The van der Waals surface area contributed by atoms with E-state index in [1.807, 2.05) is 48.5 Å². The molecule has 1 N–H and O–H groups in total. The van der Waals surface area contributed by atoms with E-state index in [0.29, 0.717) is 29.1 Å². The van der Waals surface area contributed by atoms with Gasteiger partial charge in [0.2, 0.25) is 5.91 Å². The number of anilines is 1. The summed E-state index contributed by atoms with van der Waals surface area (Å²) in [5.41, 5.74) is 1.34. The van der Waals surface area contributed by atoms with Gasteiger partial charge >= 0.3 is 5.97 Å². The van der Waals surface area contributed by atoms with Gasteiger partial charge in [0, 0.05) is 5.69 Å². The van der Waals surface area contributed by atoms with E-state index >= 15 is 0 Å². The highest BCUT2D eigenvalue weighted by molar-refractivity contribution is 6.08. The van der Waals surface area contributed by atoms with Crippen molar-refractivity contribution in [2.45, 2.75) is 12.0 Å². The number of hydrogen-bond donors (Lipinski definition) is 1. The van der Waals surface area contributed by atoms with Crippen LogP contribution in [-0.4, -0.2) is 37.3 Å². The van der Waals surface area contributed by atoms with E-state index < -0.39 is 18.0 Å². The summed E-state index contributed by atoms with van der Waals surface area (Å²) < 4.78 is 10.6. The monoisotopic (exact) mass is 417 g/mol. The fourth-order valence-electron chi connectivity index (χ4n) is 3.86. The zero-order valence-corrected chi connectivity index (χ0v) is 17.2. The molecule has 1 atom stereocenters. The van der Waals surface area contributed by atoms with Crippen LogP contribution < -0.4 is 9.64 Å². The Balaban J connectivity index is 1.60. The molecule has 1 amide bonds. The average Bonchev–Trinajstić information content (AvgIpc) is 3.06. The molecule has 1 heterocycles. The Bertz CT molecular complexity index is 1080. The number of carbonyl (C=O) groups excluding carboxylic acids is 2. The third kappa shape index (κ3) is 3.78.